The van der Waals surface area contributed by atoms with E-state index in [2.05, 4.69) is 38.3 Å². The maximum Gasteiger partial charge on any atom is 0.347 e. The molecule has 0 saturated heterocycles. The molecule has 0 amide bonds. The summed E-state index contributed by atoms with van der Waals surface area (Å²) in [5, 5.41) is 7.29. The molecule has 4 fully saturated rings. The van der Waals surface area contributed by atoms with E-state index in [0.717, 1.165) is 37.8 Å². The quantitative estimate of drug-likeness (QED) is 0.135. The molecule has 4 rings (SSSR count). The third kappa shape index (κ3) is 8.23. The standard InChI is InChI=1S/C30H60N2O6P2/c1-9-35-39(33,36-10-2)27(23(5)6)31-15-13-29-18-25-17-26(19-29)21-30(20-25,22-29)14-16-32-28(24(7)8)40(34,37-11-3)38-12-4/h23-28,31-32H,9-22H2,1-8H3. The van der Waals surface area contributed by atoms with Crippen molar-refractivity contribution in [3.63, 3.8) is 0 Å². The average Bonchev–Trinajstić information content (AvgIpc) is 2.83. The smallest absolute Gasteiger partial charge is 0.308 e. The van der Waals surface area contributed by atoms with Gasteiger partial charge in [0.1, 0.15) is 11.6 Å². The lowest BCUT2D eigenvalue weighted by Crippen LogP contribution is -2.53. The Kier molecular flexibility index (Phi) is 12.8. The highest BCUT2D eigenvalue weighted by atomic mass is 31.2. The van der Waals surface area contributed by atoms with E-state index in [-0.39, 0.29) is 23.4 Å². The van der Waals surface area contributed by atoms with Gasteiger partial charge in [0, 0.05) is 0 Å². The number of hydrogen-bond donors (Lipinski definition) is 2. The molecule has 0 aromatic carbocycles. The van der Waals surface area contributed by atoms with Gasteiger partial charge in [-0.1, -0.05) is 27.7 Å². The molecule has 0 radical (unpaired) electrons. The minimum atomic E-state index is -3.22. The maximum absolute atomic E-state index is 13.6. The summed E-state index contributed by atoms with van der Waals surface area (Å²) in [6, 6.07) is 0. The van der Waals surface area contributed by atoms with Gasteiger partial charge in [0.05, 0.1) is 26.4 Å². The molecule has 4 aliphatic rings. The fourth-order valence-corrected chi connectivity index (χ4v) is 13.1. The molecule has 0 aromatic heterocycles. The summed E-state index contributed by atoms with van der Waals surface area (Å²) in [4.78, 5) is 0. The number of hydrogen-bond acceptors (Lipinski definition) is 8. The Morgan fingerprint density at radius 3 is 1.25 bits per heavy atom. The van der Waals surface area contributed by atoms with Crippen LogP contribution in [0.4, 0.5) is 0 Å². The van der Waals surface area contributed by atoms with E-state index in [9.17, 15) is 9.13 Å². The Bertz CT molecular complexity index is 784. The van der Waals surface area contributed by atoms with Crippen LogP contribution in [0.15, 0.2) is 0 Å². The molecule has 40 heavy (non-hydrogen) atoms. The van der Waals surface area contributed by atoms with E-state index >= 15 is 0 Å². The first-order valence-electron chi connectivity index (χ1n) is 16.1. The molecule has 236 valence electrons. The first-order valence-corrected chi connectivity index (χ1v) is 19.4. The molecule has 4 saturated carbocycles. The third-order valence-corrected chi connectivity index (χ3v) is 14.9. The van der Waals surface area contributed by atoms with Crippen LogP contribution in [0.5, 0.6) is 0 Å². The van der Waals surface area contributed by atoms with Crippen molar-refractivity contribution in [2.24, 2.45) is 34.5 Å². The Morgan fingerprint density at radius 1 is 0.650 bits per heavy atom. The highest BCUT2D eigenvalue weighted by molar-refractivity contribution is 7.54. The topological polar surface area (TPSA) is 95.1 Å². The van der Waals surface area contributed by atoms with Gasteiger partial charge in [0.2, 0.25) is 0 Å². The Hall–Kier alpha value is 0.220. The highest BCUT2D eigenvalue weighted by Crippen LogP contribution is 2.67. The van der Waals surface area contributed by atoms with Gasteiger partial charge < -0.3 is 28.7 Å². The zero-order valence-corrected chi connectivity index (χ0v) is 28.5. The predicted molar refractivity (Wildman–Crippen MR) is 164 cm³/mol. The van der Waals surface area contributed by atoms with Crippen LogP contribution in [0.3, 0.4) is 0 Å². The summed E-state index contributed by atoms with van der Waals surface area (Å²) in [5.74, 6) is 1.32. The summed E-state index contributed by atoms with van der Waals surface area (Å²) in [6.45, 7) is 19.1. The second-order valence-electron chi connectivity index (χ2n) is 13.5. The molecule has 2 unspecified atom stereocenters. The second-order valence-corrected chi connectivity index (χ2v) is 17.8. The minimum Gasteiger partial charge on any atom is -0.308 e. The Labute approximate surface area is 245 Å². The van der Waals surface area contributed by atoms with Crippen molar-refractivity contribution in [1.82, 2.24) is 10.6 Å². The fourth-order valence-electron chi connectivity index (χ4n) is 8.75. The molecule has 0 spiro atoms. The van der Waals surface area contributed by atoms with Crippen molar-refractivity contribution in [1.29, 1.82) is 0 Å². The summed E-state index contributed by atoms with van der Waals surface area (Å²) >= 11 is 0. The average molecular weight is 607 g/mol. The zero-order valence-electron chi connectivity index (χ0n) is 26.7. The van der Waals surface area contributed by atoms with Gasteiger partial charge in [0.25, 0.3) is 0 Å². The third-order valence-electron chi connectivity index (χ3n) is 9.50. The van der Waals surface area contributed by atoms with Crippen LogP contribution >= 0.6 is 15.2 Å². The fraction of sp³-hybridized carbons (Fsp3) is 1.00. The van der Waals surface area contributed by atoms with Gasteiger partial charge in [-0.15, -0.1) is 0 Å². The van der Waals surface area contributed by atoms with Gasteiger partial charge in [-0.25, -0.2) is 0 Å². The summed E-state index contributed by atoms with van der Waals surface area (Å²) in [5.41, 5.74) is 0.701. The SMILES string of the molecule is CCOP(=O)(OCC)C(NCCC12CC3CC(C1)CC(CCNC(C(C)C)P(=O)(OCC)OCC)(C3)C2)C(C)C. The Balaban J connectivity index is 1.65. The van der Waals surface area contributed by atoms with Gasteiger partial charge in [-0.2, -0.15) is 0 Å². The summed E-state index contributed by atoms with van der Waals surface area (Å²) in [6.07, 6.45) is 10.1. The molecule has 0 aliphatic heterocycles. The minimum absolute atomic E-state index is 0.149. The van der Waals surface area contributed by atoms with Crippen molar-refractivity contribution >= 4 is 15.2 Å². The van der Waals surface area contributed by atoms with Crippen molar-refractivity contribution in [2.75, 3.05) is 39.5 Å². The van der Waals surface area contributed by atoms with E-state index in [4.69, 9.17) is 18.1 Å². The zero-order chi connectivity index (χ0) is 29.6. The summed E-state index contributed by atoms with van der Waals surface area (Å²) < 4.78 is 50.0. The van der Waals surface area contributed by atoms with Crippen LogP contribution in [0, 0.1) is 34.5 Å². The van der Waals surface area contributed by atoms with Crippen LogP contribution < -0.4 is 10.6 Å². The lowest BCUT2D eigenvalue weighted by atomic mass is 9.43. The van der Waals surface area contributed by atoms with Crippen LogP contribution in [-0.2, 0) is 27.2 Å². The molecule has 2 N–H and O–H groups in total. The first kappa shape index (κ1) is 34.7. The van der Waals surface area contributed by atoms with Gasteiger partial charge in [-0.3, -0.25) is 9.13 Å². The van der Waals surface area contributed by atoms with E-state index in [0.29, 0.717) is 37.3 Å². The van der Waals surface area contributed by atoms with E-state index in [1.165, 1.54) is 38.5 Å². The Morgan fingerprint density at radius 2 is 0.975 bits per heavy atom. The monoisotopic (exact) mass is 606 g/mol. The van der Waals surface area contributed by atoms with Crippen LogP contribution in [0.25, 0.3) is 0 Å². The predicted octanol–water partition coefficient (Wildman–Crippen LogP) is 8.03. The van der Waals surface area contributed by atoms with Gasteiger partial charge >= 0.3 is 15.2 Å². The first-order chi connectivity index (χ1) is 18.9. The molecule has 0 heterocycles. The van der Waals surface area contributed by atoms with Crippen molar-refractivity contribution in [3.05, 3.63) is 0 Å². The molecule has 8 nitrogen and oxygen atoms in total. The lowest BCUT2D eigenvalue weighted by molar-refractivity contribution is -0.116. The lowest BCUT2D eigenvalue weighted by Gasteiger charge is -2.63. The van der Waals surface area contributed by atoms with Crippen LogP contribution in [0.2, 0.25) is 0 Å². The van der Waals surface area contributed by atoms with Crippen molar-refractivity contribution in [3.8, 4) is 0 Å². The molecule has 10 heteroatoms. The van der Waals surface area contributed by atoms with E-state index in [1.54, 1.807) is 0 Å². The van der Waals surface area contributed by atoms with Crippen LogP contribution in [-0.4, -0.2) is 51.1 Å². The molecule has 0 aromatic rings. The van der Waals surface area contributed by atoms with E-state index < -0.39 is 15.2 Å². The van der Waals surface area contributed by atoms with Gasteiger partial charge in [-0.05, 0) is 127 Å². The maximum atomic E-state index is 13.6. The van der Waals surface area contributed by atoms with Crippen LogP contribution in [0.1, 0.15) is 107 Å². The number of nitrogens with one attached hydrogen (secondary N) is 2. The largest absolute Gasteiger partial charge is 0.347 e. The summed E-state index contributed by atoms with van der Waals surface area (Å²) in [7, 11) is -6.44. The normalized spacial score (nSPS) is 29.9. The molecular weight excluding hydrogens is 546 g/mol. The number of rotatable bonds is 20. The van der Waals surface area contributed by atoms with Gasteiger partial charge in [0.15, 0.2) is 0 Å². The second kappa shape index (κ2) is 14.8. The molecule has 4 bridgehead atoms. The van der Waals surface area contributed by atoms with Crippen molar-refractivity contribution < 1.29 is 27.2 Å². The highest BCUT2D eigenvalue weighted by Gasteiger charge is 2.57. The molecule has 4 aliphatic carbocycles. The van der Waals surface area contributed by atoms with E-state index in [1.807, 2.05) is 27.7 Å². The van der Waals surface area contributed by atoms with Crippen molar-refractivity contribution in [2.45, 2.75) is 118 Å². The molecular formula is C30H60N2O6P2. The molecule has 2 atom stereocenters.